The first-order valence-corrected chi connectivity index (χ1v) is 5.32. The topological polar surface area (TPSA) is 53.0 Å². The van der Waals surface area contributed by atoms with E-state index in [1.807, 2.05) is 0 Å². The van der Waals surface area contributed by atoms with E-state index < -0.39 is 5.82 Å². The highest BCUT2D eigenvalue weighted by atomic mass is 35.5. The van der Waals surface area contributed by atoms with Gasteiger partial charge in [-0.1, -0.05) is 11.6 Å². The van der Waals surface area contributed by atoms with Crippen LogP contribution in [-0.4, -0.2) is 0 Å². The van der Waals surface area contributed by atoms with E-state index in [1.54, 1.807) is 13.0 Å². The van der Waals surface area contributed by atoms with Gasteiger partial charge in [0, 0.05) is 24.2 Å². The van der Waals surface area contributed by atoms with Crippen LogP contribution in [0, 0.1) is 17.9 Å². The fourth-order valence-corrected chi connectivity index (χ4v) is 1.96. The van der Waals surface area contributed by atoms with Gasteiger partial charge in [0.05, 0.1) is 10.6 Å². The third kappa shape index (κ3) is 2.03. The van der Waals surface area contributed by atoms with Gasteiger partial charge in [-0.2, -0.15) is 4.73 Å². The van der Waals surface area contributed by atoms with E-state index in [0.29, 0.717) is 26.7 Å². The molecule has 0 atom stereocenters. The van der Waals surface area contributed by atoms with Crippen LogP contribution >= 0.6 is 11.6 Å². The molecule has 0 saturated heterocycles. The minimum atomic E-state index is -0.499. The van der Waals surface area contributed by atoms with Crippen LogP contribution in [0.25, 0.3) is 11.1 Å². The van der Waals surface area contributed by atoms with Crippen LogP contribution in [0.1, 0.15) is 5.69 Å². The minimum Gasteiger partial charge on any atom is -0.618 e. The van der Waals surface area contributed by atoms with Crippen molar-refractivity contribution in [3.05, 3.63) is 52.2 Å². The molecule has 0 aliphatic carbocycles. The zero-order valence-corrected chi connectivity index (χ0v) is 9.83. The summed E-state index contributed by atoms with van der Waals surface area (Å²) in [6, 6.07) is 5.72. The molecule has 5 heteroatoms. The smallest absolute Gasteiger partial charge is 0.199 e. The lowest BCUT2D eigenvalue weighted by Gasteiger charge is -2.10. The summed E-state index contributed by atoms with van der Waals surface area (Å²) in [4.78, 5) is 0. The molecule has 2 aromatic rings. The predicted octanol–water partition coefficient (Wildman–Crippen LogP) is 2.67. The largest absolute Gasteiger partial charge is 0.618 e. The van der Waals surface area contributed by atoms with Crippen LogP contribution in [0.15, 0.2) is 30.5 Å². The van der Waals surface area contributed by atoms with Crippen molar-refractivity contribution in [3.8, 4) is 11.1 Å². The maximum Gasteiger partial charge on any atom is 0.199 e. The van der Waals surface area contributed by atoms with Gasteiger partial charge in [0.1, 0.15) is 5.82 Å². The second kappa shape index (κ2) is 4.22. The molecule has 1 aromatic carbocycles. The van der Waals surface area contributed by atoms with Crippen LogP contribution in [0.2, 0.25) is 5.02 Å². The molecular weight excluding hydrogens is 243 g/mol. The third-order valence-electron chi connectivity index (χ3n) is 2.55. The van der Waals surface area contributed by atoms with Crippen LogP contribution in [0.3, 0.4) is 0 Å². The summed E-state index contributed by atoms with van der Waals surface area (Å²) in [7, 11) is 0. The Morgan fingerprint density at radius 2 is 2.06 bits per heavy atom. The Labute approximate surface area is 103 Å². The summed E-state index contributed by atoms with van der Waals surface area (Å²) in [6.45, 7) is 1.59. The van der Waals surface area contributed by atoms with Gasteiger partial charge < -0.3 is 10.9 Å². The van der Waals surface area contributed by atoms with E-state index in [2.05, 4.69) is 0 Å². The summed E-state index contributed by atoms with van der Waals surface area (Å²) in [5, 5.41) is 11.8. The molecule has 0 spiro atoms. The highest BCUT2D eigenvalue weighted by Crippen LogP contribution is 2.31. The SMILES string of the molecule is Cc1c(-c2ccc(N)cc2F)c(Cl)cc[n+]1[O-]. The minimum absolute atomic E-state index is 0.270. The second-order valence-electron chi connectivity index (χ2n) is 3.69. The van der Waals surface area contributed by atoms with Crippen molar-refractivity contribution in [2.45, 2.75) is 6.92 Å². The van der Waals surface area contributed by atoms with Gasteiger partial charge in [0.25, 0.3) is 0 Å². The lowest BCUT2D eigenvalue weighted by atomic mass is 10.0. The number of hydrogen-bond acceptors (Lipinski definition) is 2. The number of hydrogen-bond donors (Lipinski definition) is 1. The maximum absolute atomic E-state index is 13.8. The van der Waals surface area contributed by atoms with Crippen molar-refractivity contribution < 1.29 is 9.12 Å². The molecule has 0 fully saturated rings. The normalized spacial score (nSPS) is 10.5. The number of pyridine rings is 1. The number of nitrogens with two attached hydrogens (primary N) is 1. The first-order chi connectivity index (χ1) is 8.00. The molecule has 0 radical (unpaired) electrons. The lowest BCUT2D eigenvalue weighted by molar-refractivity contribution is -0.611. The highest BCUT2D eigenvalue weighted by molar-refractivity contribution is 6.33. The summed E-state index contributed by atoms with van der Waals surface area (Å²) in [5.41, 5.74) is 6.81. The van der Waals surface area contributed by atoms with Gasteiger partial charge in [0.15, 0.2) is 11.9 Å². The average Bonchev–Trinajstić information content (AvgIpc) is 2.27. The summed E-state index contributed by atoms with van der Waals surface area (Å²) in [5.74, 6) is -0.499. The van der Waals surface area contributed by atoms with Crippen molar-refractivity contribution >= 4 is 17.3 Å². The number of nitrogen functional groups attached to an aromatic ring is 1. The molecule has 17 heavy (non-hydrogen) atoms. The molecule has 0 aliphatic rings. The first-order valence-electron chi connectivity index (χ1n) is 4.94. The highest BCUT2D eigenvalue weighted by Gasteiger charge is 2.17. The molecule has 2 rings (SSSR count). The molecule has 0 bridgehead atoms. The molecule has 0 aliphatic heterocycles. The van der Waals surface area contributed by atoms with Gasteiger partial charge in [-0.05, 0) is 18.2 Å². The molecule has 3 nitrogen and oxygen atoms in total. The number of benzene rings is 1. The molecular formula is C12H10ClFN2O. The average molecular weight is 253 g/mol. The van der Waals surface area contributed by atoms with E-state index in [1.165, 1.54) is 24.4 Å². The summed E-state index contributed by atoms with van der Waals surface area (Å²) >= 11 is 6.00. The quantitative estimate of drug-likeness (QED) is 0.482. The number of halogens is 2. The number of aromatic nitrogens is 1. The second-order valence-corrected chi connectivity index (χ2v) is 4.10. The molecule has 88 valence electrons. The zero-order valence-electron chi connectivity index (χ0n) is 9.08. The van der Waals surface area contributed by atoms with E-state index in [4.69, 9.17) is 17.3 Å². The van der Waals surface area contributed by atoms with E-state index in [-0.39, 0.29) is 5.56 Å². The van der Waals surface area contributed by atoms with E-state index >= 15 is 0 Å². The fourth-order valence-electron chi connectivity index (χ4n) is 1.67. The number of rotatable bonds is 1. The van der Waals surface area contributed by atoms with Crippen molar-refractivity contribution in [1.82, 2.24) is 0 Å². The Morgan fingerprint density at radius 1 is 1.35 bits per heavy atom. The summed E-state index contributed by atoms with van der Waals surface area (Å²) in [6.07, 6.45) is 1.29. The fraction of sp³-hybridized carbons (Fsp3) is 0.0833. The first kappa shape index (κ1) is 11.7. The van der Waals surface area contributed by atoms with Crippen molar-refractivity contribution in [2.24, 2.45) is 0 Å². The van der Waals surface area contributed by atoms with Crippen LogP contribution in [0.4, 0.5) is 10.1 Å². The Bertz CT molecular complexity index is 587. The number of nitrogens with zero attached hydrogens (tertiary/aromatic N) is 1. The zero-order chi connectivity index (χ0) is 12.6. The molecule has 0 amide bonds. The van der Waals surface area contributed by atoms with E-state index in [0.717, 1.165) is 0 Å². The summed E-state index contributed by atoms with van der Waals surface area (Å²) < 4.78 is 14.4. The monoisotopic (exact) mass is 252 g/mol. The molecule has 0 unspecified atom stereocenters. The van der Waals surface area contributed by atoms with Crippen molar-refractivity contribution in [2.75, 3.05) is 5.73 Å². The third-order valence-corrected chi connectivity index (χ3v) is 2.86. The maximum atomic E-state index is 13.8. The Morgan fingerprint density at radius 3 is 2.71 bits per heavy atom. The molecule has 1 heterocycles. The van der Waals surface area contributed by atoms with Gasteiger partial charge in [-0.25, -0.2) is 4.39 Å². The molecule has 2 N–H and O–H groups in total. The van der Waals surface area contributed by atoms with Crippen LogP contribution < -0.4 is 10.5 Å². The van der Waals surface area contributed by atoms with Gasteiger partial charge >= 0.3 is 0 Å². The van der Waals surface area contributed by atoms with Gasteiger partial charge in [-0.15, -0.1) is 0 Å². The molecule has 1 aromatic heterocycles. The van der Waals surface area contributed by atoms with Crippen molar-refractivity contribution in [3.63, 3.8) is 0 Å². The Balaban J connectivity index is 2.72. The number of anilines is 1. The standard InChI is InChI=1S/C12H10ClFN2O/c1-7-12(10(13)4-5-16(7)17)9-3-2-8(15)6-11(9)14/h2-6H,15H2,1H3. The Kier molecular flexibility index (Phi) is 2.90. The van der Waals surface area contributed by atoms with Gasteiger partial charge in [-0.3, -0.25) is 0 Å². The Hall–Kier alpha value is -1.81. The molecule has 0 saturated carbocycles. The van der Waals surface area contributed by atoms with E-state index in [9.17, 15) is 9.60 Å². The van der Waals surface area contributed by atoms with Crippen molar-refractivity contribution in [1.29, 1.82) is 0 Å². The lowest BCUT2D eigenvalue weighted by Crippen LogP contribution is -2.29. The van der Waals surface area contributed by atoms with Crippen LogP contribution in [-0.2, 0) is 0 Å². The predicted molar refractivity (Wildman–Crippen MR) is 65.0 cm³/mol. The van der Waals surface area contributed by atoms with Gasteiger partial charge in [0.2, 0.25) is 0 Å². The van der Waals surface area contributed by atoms with Crippen LogP contribution in [0.5, 0.6) is 0 Å².